The molecule has 2 aliphatic rings. The van der Waals surface area contributed by atoms with E-state index < -0.39 is 23.5 Å². The molecular formula is C30H36F3N7O3. The number of urea groups is 1. The number of hydrogen-bond donors (Lipinski definition) is 3. The summed E-state index contributed by atoms with van der Waals surface area (Å²) in [6.07, 6.45) is 0.605. The highest BCUT2D eigenvalue weighted by atomic mass is 19.4. The number of aromatic nitrogens is 2. The Morgan fingerprint density at radius 1 is 0.930 bits per heavy atom. The summed E-state index contributed by atoms with van der Waals surface area (Å²) in [5.74, 6) is -1.25. The molecule has 2 aliphatic heterocycles. The Labute approximate surface area is 248 Å². The summed E-state index contributed by atoms with van der Waals surface area (Å²) in [5, 5.41) is 8.47. The van der Waals surface area contributed by atoms with Crippen molar-refractivity contribution in [2.24, 2.45) is 0 Å². The van der Waals surface area contributed by atoms with E-state index in [0.29, 0.717) is 44.8 Å². The number of pyridine rings is 1. The second kappa shape index (κ2) is 12.5. The van der Waals surface area contributed by atoms with Gasteiger partial charge in [-0.2, -0.15) is 18.2 Å². The number of benzene rings is 1. The van der Waals surface area contributed by atoms with Crippen molar-refractivity contribution in [3.8, 4) is 0 Å². The van der Waals surface area contributed by atoms with Gasteiger partial charge in [0.05, 0.1) is 11.9 Å². The first-order valence-electron chi connectivity index (χ1n) is 14.5. The number of alkyl halides is 3. The lowest BCUT2D eigenvalue weighted by molar-refractivity contribution is -0.141. The molecule has 2 aromatic heterocycles. The summed E-state index contributed by atoms with van der Waals surface area (Å²) in [6.45, 7) is 8.31. The van der Waals surface area contributed by atoms with Crippen LogP contribution in [0.4, 0.5) is 41.2 Å². The Kier molecular flexibility index (Phi) is 8.79. The van der Waals surface area contributed by atoms with Gasteiger partial charge in [0.1, 0.15) is 5.82 Å². The van der Waals surface area contributed by atoms with Gasteiger partial charge in [0, 0.05) is 37.9 Å². The maximum absolute atomic E-state index is 13.7. The highest BCUT2D eigenvalue weighted by Crippen LogP contribution is 2.35. The molecule has 2 fully saturated rings. The first-order chi connectivity index (χ1) is 20.5. The number of nitrogens with one attached hydrogen (secondary N) is 3. The van der Waals surface area contributed by atoms with Crippen LogP contribution in [0.1, 0.15) is 65.0 Å². The van der Waals surface area contributed by atoms with E-state index in [-0.39, 0.29) is 23.8 Å². The number of hydrogen-bond acceptors (Lipinski definition) is 7. The topological polar surface area (TPSA) is 116 Å². The van der Waals surface area contributed by atoms with Gasteiger partial charge in [-0.05, 0) is 76.1 Å². The average Bonchev–Trinajstić information content (AvgIpc) is 3.43. The maximum Gasteiger partial charge on any atom is 0.437 e. The van der Waals surface area contributed by atoms with Crippen molar-refractivity contribution >= 4 is 35.1 Å². The molecule has 0 atom stereocenters. The molecule has 4 heterocycles. The fourth-order valence-electron chi connectivity index (χ4n) is 5.68. The lowest BCUT2D eigenvalue weighted by atomic mass is 10.0. The van der Waals surface area contributed by atoms with Gasteiger partial charge in [0.2, 0.25) is 5.76 Å². The molecule has 0 saturated carbocycles. The van der Waals surface area contributed by atoms with E-state index >= 15 is 0 Å². The molecule has 43 heavy (non-hydrogen) atoms. The van der Waals surface area contributed by atoms with Gasteiger partial charge in [0.25, 0.3) is 11.9 Å². The zero-order chi connectivity index (χ0) is 30.7. The third-order valence-electron chi connectivity index (χ3n) is 7.79. The number of rotatable bonds is 6. The molecule has 1 aromatic carbocycles. The molecule has 13 heteroatoms. The Balaban J connectivity index is 1.15. The van der Waals surface area contributed by atoms with Crippen LogP contribution in [0.15, 0.2) is 34.9 Å². The van der Waals surface area contributed by atoms with Crippen molar-refractivity contribution in [3.63, 3.8) is 0 Å². The molecule has 3 amide bonds. The van der Waals surface area contributed by atoms with Gasteiger partial charge < -0.3 is 30.2 Å². The van der Waals surface area contributed by atoms with Gasteiger partial charge in [-0.3, -0.25) is 4.79 Å². The van der Waals surface area contributed by atoms with E-state index in [9.17, 15) is 22.8 Å². The lowest BCUT2D eigenvalue weighted by Gasteiger charge is -2.33. The number of aryl methyl sites for hydroxylation is 3. The monoisotopic (exact) mass is 599 g/mol. The summed E-state index contributed by atoms with van der Waals surface area (Å²) in [6, 6.07) is 6.91. The molecule has 0 bridgehead atoms. The Bertz CT molecular complexity index is 1440. The first kappa shape index (κ1) is 30.2. The SMILES string of the molecule is Cc1cc(C)c(NC(=O)NC2CCN(c3ccc(NC(=O)c4oc(N5CCCCC5)nc4C(F)(F)F)cn3)CC2)c(C)c1. The van der Waals surface area contributed by atoms with Crippen LogP contribution in [0.2, 0.25) is 0 Å². The summed E-state index contributed by atoms with van der Waals surface area (Å²) >= 11 is 0. The van der Waals surface area contributed by atoms with E-state index in [1.165, 1.54) is 6.20 Å². The smallest absolute Gasteiger partial charge is 0.417 e. The molecule has 10 nitrogen and oxygen atoms in total. The summed E-state index contributed by atoms with van der Waals surface area (Å²) < 4.78 is 46.3. The normalized spacial score (nSPS) is 16.2. The standard InChI is InChI=1S/C30H36F3N7O3/c1-18-15-19(2)24(20(3)16-18)37-28(42)36-21-9-13-39(14-10-21)23-8-7-22(17-34-23)35-27(41)25-26(30(31,32)33)38-29(43-25)40-11-5-4-6-12-40/h7-8,15-17,21H,4-6,9-14H2,1-3H3,(H,35,41)(H2,36,37,42). The van der Waals surface area contributed by atoms with Crippen molar-refractivity contribution in [1.82, 2.24) is 15.3 Å². The largest absolute Gasteiger partial charge is 0.437 e. The zero-order valence-corrected chi connectivity index (χ0v) is 24.5. The highest BCUT2D eigenvalue weighted by Gasteiger charge is 2.42. The number of anilines is 4. The molecule has 0 radical (unpaired) electrons. The van der Waals surface area contributed by atoms with Crippen molar-refractivity contribution in [2.75, 3.05) is 46.6 Å². The second-order valence-corrected chi connectivity index (χ2v) is 11.2. The second-order valence-electron chi connectivity index (χ2n) is 11.2. The van der Waals surface area contributed by atoms with Crippen molar-refractivity contribution < 1.29 is 27.2 Å². The van der Waals surface area contributed by atoms with Gasteiger partial charge >= 0.3 is 12.2 Å². The van der Waals surface area contributed by atoms with Crippen LogP contribution in [0.25, 0.3) is 0 Å². The molecule has 230 valence electrons. The average molecular weight is 600 g/mol. The van der Waals surface area contributed by atoms with E-state index in [0.717, 1.165) is 41.6 Å². The first-order valence-corrected chi connectivity index (χ1v) is 14.5. The van der Waals surface area contributed by atoms with Gasteiger partial charge in [-0.25, -0.2) is 9.78 Å². The zero-order valence-electron chi connectivity index (χ0n) is 24.5. The Morgan fingerprint density at radius 3 is 2.21 bits per heavy atom. The summed E-state index contributed by atoms with van der Waals surface area (Å²) in [7, 11) is 0. The minimum absolute atomic E-state index is 0.000401. The molecule has 5 rings (SSSR count). The molecule has 0 aliphatic carbocycles. The van der Waals surface area contributed by atoms with Gasteiger partial charge in [0.15, 0.2) is 5.69 Å². The number of carbonyl (C=O) groups is 2. The van der Waals surface area contributed by atoms with Crippen LogP contribution >= 0.6 is 0 Å². The molecule has 2 saturated heterocycles. The van der Waals surface area contributed by atoms with Crippen molar-refractivity contribution in [1.29, 1.82) is 0 Å². The fourth-order valence-corrected chi connectivity index (χ4v) is 5.68. The van der Waals surface area contributed by atoms with E-state index in [2.05, 4.69) is 30.8 Å². The van der Waals surface area contributed by atoms with E-state index in [1.807, 2.05) is 32.9 Å². The van der Waals surface area contributed by atoms with Gasteiger partial charge in [-0.15, -0.1) is 0 Å². The number of oxazole rings is 1. The lowest BCUT2D eigenvalue weighted by Crippen LogP contribution is -2.46. The molecule has 3 aromatic rings. The number of amides is 3. The van der Waals surface area contributed by atoms with Crippen LogP contribution in [0.3, 0.4) is 0 Å². The third-order valence-corrected chi connectivity index (χ3v) is 7.79. The Hall–Kier alpha value is -4.29. The predicted octanol–water partition coefficient (Wildman–Crippen LogP) is 6.05. The molecule has 0 spiro atoms. The Morgan fingerprint density at radius 2 is 1.60 bits per heavy atom. The maximum atomic E-state index is 13.7. The highest BCUT2D eigenvalue weighted by molar-refractivity contribution is 6.03. The van der Waals surface area contributed by atoms with E-state index in [4.69, 9.17) is 4.42 Å². The van der Waals surface area contributed by atoms with E-state index in [1.54, 1.807) is 17.0 Å². The number of nitrogens with zero attached hydrogens (tertiary/aromatic N) is 4. The van der Waals surface area contributed by atoms with Crippen molar-refractivity contribution in [2.45, 2.75) is 65.1 Å². The minimum Gasteiger partial charge on any atom is -0.417 e. The van der Waals surface area contributed by atoms with Crippen LogP contribution < -0.4 is 25.8 Å². The van der Waals surface area contributed by atoms with Crippen LogP contribution in [-0.4, -0.2) is 54.1 Å². The summed E-state index contributed by atoms with van der Waals surface area (Å²) in [4.78, 5) is 37.2. The number of carbonyl (C=O) groups excluding carboxylic acids is 2. The molecule has 0 unspecified atom stereocenters. The molecular weight excluding hydrogens is 563 g/mol. The predicted molar refractivity (Wildman–Crippen MR) is 158 cm³/mol. The van der Waals surface area contributed by atoms with Crippen LogP contribution in [0.5, 0.6) is 0 Å². The minimum atomic E-state index is -4.84. The quantitative estimate of drug-likeness (QED) is 0.316. The van der Waals surface area contributed by atoms with Gasteiger partial charge in [-0.1, -0.05) is 17.7 Å². The van der Waals surface area contributed by atoms with Crippen molar-refractivity contribution in [3.05, 3.63) is 58.6 Å². The van der Waals surface area contributed by atoms with Crippen LogP contribution in [0, 0.1) is 20.8 Å². The molecule has 3 N–H and O–H groups in total. The summed E-state index contributed by atoms with van der Waals surface area (Å²) in [5.41, 5.74) is 2.87. The third kappa shape index (κ3) is 7.20. The van der Waals surface area contributed by atoms with Crippen LogP contribution in [-0.2, 0) is 6.18 Å². The number of piperidine rings is 2. The number of halogens is 3. The fraction of sp³-hybridized carbons (Fsp3) is 0.467.